The van der Waals surface area contributed by atoms with Crippen LogP contribution < -0.4 is 0 Å². The van der Waals surface area contributed by atoms with Crippen LogP contribution in [0.25, 0.3) is 0 Å². The SMILES string of the molecule is CSCc1ncc(Cl)c(C(=O)O)n1. The summed E-state index contributed by atoms with van der Waals surface area (Å²) >= 11 is 7.10. The second kappa shape index (κ2) is 4.43. The van der Waals surface area contributed by atoms with Gasteiger partial charge in [0.1, 0.15) is 5.82 Å². The Hall–Kier alpha value is -0.810. The Morgan fingerprint density at radius 1 is 1.77 bits per heavy atom. The van der Waals surface area contributed by atoms with Crippen LogP contribution >= 0.6 is 23.4 Å². The standard InChI is InChI=1S/C7H7ClN2O2S/c1-13-3-5-9-2-4(8)6(10-5)7(11)12/h2H,3H2,1H3,(H,11,12). The summed E-state index contributed by atoms with van der Waals surface area (Å²) in [6.07, 6.45) is 3.20. The Kier molecular flexibility index (Phi) is 3.50. The zero-order chi connectivity index (χ0) is 9.84. The molecule has 0 bridgehead atoms. The van der Waals surface area contributed by atoms with E-state index in [0.29, 0.717) is 11.6 Å². The minimum atomic E-state index is -1.13. The quantitative estimate of drug-likeness (QED) is 0.837. The molecule has 0 spiro atoms. The van der Waals surface area contributed by atoms with E-state index >= 15 is 0 Å². The topological polar surface area (TPSA) is 63.1 Å². The van der Waals surface area contributed by atoms with Gasteiger partial charge in [-0.05, 0) is 6.26 Å². The molecule has 0 atom stereocenters. The molecular weight excluding hydrogens is 212 g/mol. The third kappa shape index (κ3) is 2.57. The molecule has 0 aromatic carbocycles. The fourth-order valence-electron chi connectivity index (χ4n) is 0.752. The molecule has 4 nitrogen and oxygen atoms in total. The molecule has 0 unspecified atom stereocenters. The minimum Gasteiger partial charge on any atom is -0.476 e. The number of hydrogen-bond acceptors (Lipinski definition) is 4. The number of halogens is 1. The van der Waals surface area contributed by atoms with Crippen LogP contribution in [0.15, 0.2) is 6.20 Å². The molecule has 0 fully saturated rings. The highest BCUT2D eigenvalue weighted by molar-refractivity contribution is 7.97. The van der Waals surface area contributed by atoms with E-state index in [1.165, 1.54) is 18.0 Å². The van der Waals surface area contributed by atoms with Crippen molar-refractivity contribution in [2.75, 3.05) is 6.26 Å². The number of carboxylic acids is 1. The fourth-order valence-corrected chi connectivity index (χ4v) is 1.32. The first-order valence-corrected chi connectivity index (χ1v) is 5.16. The molecule has 1 aromatic rings. The Morgan fingerprint density at radius 2 is 2.46 bits per heavy atom. The number of carbonyl (C=O) groups is 1. The first-order chi connectivity index (χ1) is 6.15. The van der Waals surface area contributed by atoms with Crippen LogP contribution in [-0.4, -0.2) is 27.3 Å². The van der Waals surface area contributed by atoms with Gasteiger partial charge in [0.2, 0.25) is 0 Å². The van der Waals surface area contributed by atoms with Crippen molar-refractivity contribution < 1.29 is 9.90 Å². The third-order valence-corrected chi connectivity index (χ3v) is 2.09. The minimum absolute atomic E-state index is 0.0670. The summed E-state index contributed by atoms with van der Waals surface area (Å²) in [5.41, 5.74) is -0.138. The average molecular weight is 219 g/mol. The average Bonchev–Trinajstić information content (AvgIpc) is 2.08. The number of aromatic nitrogens is 2. The molecular formula is C7H7ClN2O2S. The highest BCUT2D eigenvalue weighted by Crippen LogP contribution is 2.13. The van der Waals surface area contributed by atoms with E-state index < -0.39 is 5.97 Å². The van der Waals surface area contributed by atoms with Gasteiger partial charge in [-0.25, -0.2) is 14.8 Å². The molecule has 1 heterocycles. The number of hydrogen-bond donors (Lipinski definition) is 1. The van der Waals surface area contributed by atoms with E-state index in [1.807, 2.05) is 6.26 Å². The molecule has 0 aliphatic carbocycles. The van der Waals surface area contributed by atoms with Gasteiger partial charge in [0.25, 0.3) is 0 Å². The van der Waals surface area contributed by atoms with Crippen molar-refractivity contribution in [2.45, 2.75) is 5.75 Å². The Labute approximate surface area is 84.3 Å². The predicted molar refractivity (Wildman–Crippen MR) is 51.2 cm³/mol. The van der Waals surface area contributed by atoms with Crippen LogP contribution in [0.2, 0.25) is 5.02 Å². The van der Waals surface area contributed by atoms with Gasteiger partial charge < -0.3 is 5.11 Å². The maximum atomic E-state index is 10.6. The van der Waals surface area contributed by atoms with E-state index in [1.54, 1.807) is 0 Å². The highest BCUT2D eigenvalue weighted by atomic mass is 35.5. The molecule has 0 aliphatic heterocycles. The Morgan fingerprint density at radius 3 is 3.00 bits per heavy atom. The van der Waals surface area contributed by atoms with Crippen LogP contribution in [0.3, 0.4) is 0 Å². The van der Waals surface area contributed by atoms with Crippen LogP contribution in [0, 0.1) is 0 Å². The number of aromatic carboxylic acids is 1. The number of carboxylic acid groups (broad SMARTS) is 1. The predicted octanol–water partition coefficient (Wildman–Crippen LogP) is 1.69. The van der Waals surface area contributed by atoms with Gasteiger partial charge in [-0.2, -0.15) is 11.8 Å². The maximum absolute atomic E-state index is 10.6. The van der Waals surface area contributed by atoms with Crippen molar-refractivity contribution in [1.29, 1.82) is 0 Å². The van der Waals surface area contributed by atoms with Gasteiger partial charge in [0, 0.05) is 0 Å². The van der Waals surface area contributed by atoms with Gasteiger partial charge in [-0.1, -0.05) is 11.6 Å². The van der Waals surface area contributed by atoms with E-state index in [-0.39, 0.29) is 10.7 Å². The summed E-state index contributed by atoms with van der Waals surface area (Å²) in [7, 11) is 0. The zero-order valence-electron chi connectivity index (χ0n) is 6.82. The molecule has 6 heteroatoms. The number of thioether (sulfide) groups is 1. The van der Waals surface area contributed by atoms with Crippen molar-refractivity contribution in [3.05, 3.63) is 22.7 Å². The molecule has 1 aromatic heterocycles. The first kappa shape index (κ1) is 10.3. The summed E-state index contributed by atoms with van der Waals surface area (Å²) in [6.45, 7) is 0. The summed E-state index contributed by atoms with van der Waals surface area (Å²) in [5, 5.41) is 8.74. The lowest BCUT2D eigenvalue weighted by molar-refractivity contribution is 0.0690. The second-order valence-electron chi connectivity index (χ2n) is 2.22. The number of rotatable bonds is 3. The van der Waals surface area contributed by atoms with Crippen LogP contribution in [-0.2, 0) is 5.75 Å². The lowest BCUT2D eigenvalue weighted by atomic mass is 10.4. The lowest BCUT2D eigenvalue weighted by Crippen LogP contribution is -2.05. The van der Waals surface area contributed by atoms with Crippen LogP contribution in [0.1, 0.15) is 16.3 Å². The molecule has 70 valence electrons. The molecule has 1 N–H and O–H groups in total. The Balaban J connectivity index is 3.04. The molecule has 1 rings (SSSR count). The van der Waals surface area contributed by atoms with Crippen molar-refractivity contribution in [3.8, 4) is 0 Å². The molecule has 0 amide bonds. The molecule has 0 saturated carbocycles. The van der Waals surface area contributed by atoms with E-state index in [4.69, 9.17) is 16.7 Å². The summed E-state index contributed by atoms with van der Waals surface area (Å²) in [6, 6.07) is 0. The maximum Gasteiger partial charge on any atom is 0.356 e. The molecule has 0 saturated heterocycles. The smallest absolute Gasteiger partial charge is 0.356 e. The monoisotopic (exact) mass is 218 g/mol. The van der Waals surface area contributed by atoms with E-state index in [2.05, 4.69) is 9.97 Å². The van der Waals surface area contributed by atoms with Crippen molar-refractivity contribution in [3.63, 3.8) is 0 Å². The second-order valence-corrected chi connectivity index (χ2v) is 3.49. The van der Waals surface area contributed by atoms with Gasteiger partial charge >= 0.3 is 5.97 Å². The molecule has 0 aliphatic rings. The van der Waals surface area contributed by atoms with Crippen molar-refractivity contribution in [1.82, 2.24) is 9.97 Å². The highest BCUT2D eigenvalue weighted by Gasteiger charge is 2.11. The van der Waals surface area contributed by atoms with Crippen molar-refractivity contribution >= 4 is 29.3 Å². The van der Waals surface area contributed by atoms with Crippen molar-refractivity contribution in [2.24, 2.45) is 0 Å². The largest absolute Gasteiger partial charge is 0.476 e. The fraction of sp³-hybridized carbons (Fsp3) is 0.286. The van der Waals surface area contributed by atoms with Gasteiger partial charge in [0.05, 0.1) is 17.0 Å². The summed E-state index contributed by atoms with van der Waals surface area (Å²) in [5.74, 6) is -0.0682. The Bertz CT molecular complexity index is 332. The lowest BCUT2D eigenvalue weighted by Gasteiger charge is -2.00. The van der Waals surface area contributed by atoms with E-state index in [0.717, 1.165) is 0 Å². The van der Waals surface area contributed by atoms with Crippen LogP contribution in [0.5, 0.6) is 0 Å². The molecule has 13 heavy (non-hydrogen) atoms. The summed E-state index contributed by atoms with van der Waals surface area (Å²) < 4.78 is 0. The molecule has 0 radical (unpaired) electrons. The van der Waals surface area contributed by atoms with Crippen LogP contribution in [0.4, 0.5) is 0 Å². The summed E-state index contributed by atoms with van der Waals surface area (Å²) in [4.78, 5) is 18.3. The normalized spacial score (nSPS) is 10.0. The first-order valence-electron chi connectivity index (χ1n) is 3.38. The zero-order valence-corrected chi connectivity index (χ0v) is 8.39. The van der Waals surface area contributed by atoms with Gasteiger partial charge in [0.15, 0.2) is 5.69 Å². The van der Waals surface area contributed by atoms with Gasteiger partial charge in [-0.15, -0.1) is 0 Å². The van der Waals surface area contributed by atoms with Gasteiger partial charge in [-0.3, -0.25) is 0 Å². The number of nitrogens with zero attached hydrogens (tertiary/aromatic N) is 2. The third-order valence-electron chi connectivity index (χ3n) is 1.27. The van der Waals surface area contributed by atoms with E-state index in [9.17, 15) is 4.79 Å².